The van der Waals surface area contributed by atoms with Crippen LogP contribution in [0, 0.1) is 0 Å². The largest absolute Gasteiger partial charge is 0.497 e. The second kappa shape index (κ2) is 9.95. The molecule has 32 heavy (non-hydrogen) atoms. The van der Waals surface area contributed by atoms with Crippen molar-refractivity contribution in [1.82, 2.24) is 20.2 Å². The molecule has 1 aliphatic heterocycles. The fourth-order valence-electron chi connectivity index (χ4n) is 3.61. The van der Waals surface area contributed by atoms with E-state index < -0.39 is 0 Å². The molecule has 2 heterocycles. The van der Waals surface area contributed by atoms with Gasteiger partial charge >= 0.3 is 0 Å². The third kappa shape index (κ3) is 5.63. The molecule has 1 atom stereocenters. The maximum Gasteiger partial charge on any atom is 0.254 e. The number of aromatic nitrogens is 2. The summed E-state index contributed by atoms with van der Waals surface area (Å²) in [7, 11) is 1.60. The predicted octanol–water partition coefficient (Wildman–Crippen LogP) is 2.86. The minimum atomic E-state index is -0.0121. The number of thioether (sulfide) groups is 1. The maximum atomic E-state index is 13.0. The first kappa shape index (κ1) is 22.7. The Hall–Kier alpha value is -2.52. The van der Waals surface area contributed by atoms with Gasteiger partial charge in [0.05, 0.1) is 12.9 Å². The van der Waals surface area contributed by atoms with Gasteiger partial charge in [0.25, 0.3) is 5.91 Å². The first-order valence-electron chi connectivity index (χ1n) is 10.6. The topological polar surface area (TPSA) is 87.7 Å². The van der Waals surface area contributed by atoms with E-state index in [1.165, 1.54) is 11.8 Å². The molecule has 2 fully saturated rings. The summed E-state index contributed by atoms with van der Waals surface area (Å²) in [4.78, 5) is 37.8. The van der Waals surface area contributed by atoms with Gasteiger partial charge in [-0.3, -0.25) is 9.59 Å². The number of ether oxygens (including phenoxy) is 1. The van der Waals surface area contributed by atoms with Gasteiger partial charge in [0.15, 0.2) is 5.16 Å². The summed E-state index contributed by atoms with van der Waals surface area (Å²) in [6.45, 7) is 3.85. The second-order valence-corrected chi connectivity index (χ2v) is 9.31. The monoisotopic (exact) mass is 475 g/mol. The van der Waals surface area contributed by atoms with Crippen LogP contribution in [0.5, 0.6) is 5.75 Å². The van der Waals surface area contributed by atoms with E-state index in [4.69, 9.17) is 16.3 Å². The number of carbonyl (C=O) groups is 2. The van der Waals surface area contributed by atoms with Gasteiger partial charge < -0.3 is 19.9 Å². The Morgan fingerprint density at radius 1 is 1.22 bits per heavy atom. The number of anilines is 1. The average molecular weight is 476 g/mol. The van der Waals surface area contributed by atoms with Crippen molar-refractivity contribution in [3.8, 4) is 5.75 Å². The van der Waals surface area contributed by atoms with Gasteiger partial charge in [-0.1, -0.05) is 23.4 Å². The van der Waals surface area contributed by atoms with Gasteiger partial charge in [-0.2, -0.15) is 0 Å². The van der Waals surface area contributed by atoms with Crippen LogP contribution in [0.25, 0.3) is 0 Å². The molecule has 1 N–H and O–H groups in total. The minimum Gasteiger partial charge on any atom is -0.497 e. The lowest BCUT2D eigenvalue weighted by atomic mass is 10.1. The molecule has 0 radical (unpaired) electrons. The highest BCUT2D eigenvalue weighted by Gasteiger charge is 2.29. The van der Waals surface area contributed by atoms with E-state index in [1.807, 2.05) is 11.8 Å². The number of benzene rings is 1. The number of methoxy groups -OCH3 is 1. The molecule has 2 aromatic rings. The molecule has 0 spiro atoms. The average Bonchev–Trinajstić information content (AvgIpc) is 3.61. The van der Waals surface area contributed by atoms with E-state index in [9.17, 15) is 9.59 Å². The molecule has 1 saturated heterocycles. The Morgan fingerprint density at radius 2 is 1.97 bits per heavy atom. The van der Waals surface area contributed by atoms with Crippen molar-refractivity contribution in [2.45, 2.75) is 37.0 Å². The third-order valence-electron chi connectivity index (χ3n) is 5.48. The highest BCUT2D eigenvalue weighted by molar-refractivity contribution is 7.99. The van der Waals surface area contributed by atoms with E-state index in [-0.39, 0.29) is 23.6 Å². The fourth-order valence-corrected chi connectivity index (χ4v) is 4.50. The number of piperazine rings is 1. The normalized spacial score (nSPS) is 18.4. The van der Waals surface area contributed by atoms with E-state index in [1.54, 1.807) is 37.4 Å². The molecular weight excluding hydrogens is 450 g/mol. The van der Waals surface area contributed by atoms with Gasteiger partial charge in [-0.05, 0) is 44.0 Å². The van der Waals surface area contributed by atoms with E-state index in [0.717, 1.165) is 18.6 Å². The van der Waals surface area contributed by atoms with Crippen LogP contribution in [0.4, 0.5) is 5.82 Å². The molecule has 1 aromatic heterocycles. The van der Waals surface area contributed by atoms with Gasteiger partial charge in [0, 0.05) is 43.3 Å². The summed E-state index contributed by atoms with van der Waals surface area (Å²) < 4.78 is 5.17. The van der Waals surface area contributed by atoms with Crippen LogP contribution in [-0.2, 0) is 4.79 Å². The summed E-state index contributed by atoms with van der Waals surface area (Å²) in [6.07, 6.45) is 2.11. The standard InChI is InChI=1S/C22H26ClN5O3S/c1-14-12-27(9-10-28(14)21(30)15-3-7-17(31-2)8-4-15)19-11-18(23)25-22(26-19)32-13-20(29)24-16-5-6-16/h3-4,7-8,11,14,16H,5-6,9-10,12-13H2,1-2H3,(H,24,29). The quantitative estimate of drug-likeness (QED) is 0.374. The molecule has 8 nitrogen and oxygen atoms in total. The predicted molar refractivity (Wildman–Crippen MR) is 125 cm³/mol. The Kier molecular flexibility index (Phi) is 7.05. The summed E-state index contributed by atoms with van der Waals surface area (Å²) in [5, 5.41) is 3.77. The van der Waals surface area contributed by atoms with Crippen LogP contribution in [-0.4, -0.2) is 71.3 Å². The van der Waals surface area contributed by atoms with Crippen molar-refractivity contribution >= 4 is 41.0 Å². The number of carbonyl (C=O) groups excluding carboxylic acids is 2. The van der Waals surface area contributed by atoms with Crippen LogP contribution in [0.3, 0.4) is 0 Å². The van der Waals surface area contributed by atoms with Crippen LogP contribution < -0.4 is 15.0 Å². The van der Waals surface area contributed by atoms with E-state index in [2.05, 4.69) is 20.2 Å². The summed E-state index contributed by atoms with van der Waals surface area (Å²) >= 11 is 7.51. The number of nitrogens with zero attached hydrogens (tertiary/aromatic N) is 4. The van der Waals surface area contributed by atoms with Gasteiger partial charge in [0.1, 0.15) is 16.7 Å². The Balaban J connectivity index is 1.38. The zero-order valence-corrected chi connectivity index (χ0v) is 19.7. The van der Waals surface area contributed by atoms with Crippen molar-refractivity contribution in [2.24, 2.45) is 0 Å². The molecule has 1 saturated carbocycles. The molecule has 4 rings (SSSR count). The zero-order chi connectivity index (χ0) is 22.7. The van der Waals surface area contributed by atoms with E-state index >= 15 is 0 Å². The molecule has 0 bridgehead atoms. The van der Waals surface area contributed by atoms with E-state index in [0.29, 0.717) is 47.4 Å². The van der Waals surface area contributed by atoms with Crippen molar-refractivity contribution < 1.29 is 14.3 Å². The summed E-state index contributed by atoms with van der Waals surface area (Å²) in [5.41, 5.74) is 0.638. The Morgan fingerprint density at radius 3 is 2.62 bits per heavy atom. The molecule has 2 aliphatic rings. The van der Waals surface area contributed by atoms with Gasteiger partial charge in [0.2, 0.25) is 5.91 Å². The highest BCUT2D eigenvalue weighted by atomic mass is 35.5. The lowest BCUT2D eigenvalue weighted by Gasteiger charge is -2.40. The van der Waals surface area contributed by atoms with Crippen LogP contribution in [0.15, 0.2) is 35.5 Å². The first-order chi connectivity index (χ1) is 15.4. The van der Waals surface area contributed by atoms with Crippen LogP contribution in [0.1, 0.15) is 30.1 Å². The van der Waals surface area contributed by atoms with Crippen molar-refractivity contribution in [3.05, 3.63) is 41.0 Å². The molecule has 1 aliphatic carbocycles. The second-order valence-electron chi connectivity index (χ2n) is 7.98. The van der Waals surface area contributed by atoms with Gasteiger partial charge in [-0.25, -0.2) is 9.97 Å². The maximum absolute atomic E-state index is 13.0. The molecule has 2 amide bonds. The SMILES string of the molecule is COc1ccc(C(=O)N2CCN(c3cc(Cl)nc(SCC(=O)NC4CC4)n3)CC2C)cc1. The third-order valence-corrected chi connectivity index (χ3v) is 6.53. The molecule has 10 heteroatoms. The van der Waals surface area contributed by atoms with Crippen molar-refractivity contribution in [2.75, 3.05) is 37.4 Å². The van der Waals surface area contributed by atoms with Crippen LogP contribution in [0.2, 0.25) is 5.15 Å². The van der Waals surface area contributed by atoms with Crippen molar-refractivity contribution in [1.29, 1.82) is 0 Å². The smallest absolute Gasteiger partial charge is 0.254 e. The number of rotatable bonds is 7. The highest BCUT2D eigenvalue weighted by Crippen LogP contribution is 2.25. The Bertz CT molecular complexity index is 986. The summed E-state index contributed by atoms with van der Waals surface area (Å²) in [6, 6.07) is 9.21. The fraction of sp³-hybridized carbons (Fsp3) is 0.455. The Labute approximate surface area is 196 Å². The molecule has 170 valence electrons. The lowest BCUT2D eigenvalue weighted by molar-refractivity contribution is -0.118. The lowest BCUT2D eigenvalue weighted by Crippen LogP contribution is -2.54. The number of hydrogen-bond donors (Lipinski definition) is 1. The summed E-state index contributed by atoms with van der Waals surface area (Å²) in [5.74, 6) is 1.68. The molecule has 1 unspecified atom stereocenters. The number of nitrogens with one attached hydrogen (secondary N) is 1. The number of hydrogen-bond acceptors (Lipinski definition) is 7. The molecule has 1 aromatic carbocycles. The molecular formula is C22H26ClN5O3S. The van der Waals surface area contributed by atoms with Gasteiger partial charge in [-0.15, -0.1) is 0 Å². The van der Waals surface area contributed by atoms with Crippen molar-refractivity contribution in [3.63, 3.8) is 0 Å². The van der Waals surface area contributed by atoms with Crippen LogP contribution >= 0.6 is 23.4 Å². The zero-order valence-electron chi connectivity index (χ0n) is 18.1. The number of amides is 2. The number of halogens is 1. The minimum absolute atomic E-state index is 0.00144. The first-order valence-corrected chi connectivity index (χ1v) is 12.0.